The van der Waals surface area contributed by atoms with Crippen molar-refractivity contribution in [3.05, 3.63) is 116 Å². The molecule has 23 heteroatoms. The summed E-state index contributed by atoms with van der Waals surface area (Å²) >= 11 is 0. The van der Waals surface area contributed by atoms with Crippen molar-refractivity contribution >= 4 is 44.7 Å². The van der Waals surface area contributed by atoms with Gasteiger partial charge in [-0.2, -0.15) is 0 Å². The first-order valence-corrected chi connectivity index (χ1v) is 17.9. The molecule has 0 spiro atoms. The molecule has 4 aromatic rings. The molecule has 0 radical (unpaired) electrons. The van der Waals surface area contributed by atoms with Crippen LogP contribution in [0.25, 0.3) is 0 Å². The third-order valence-electron chi connectivity index (χ3n) is 9.20. The lowest BCUT2D eigenvalue weighted by Crippen LogP contribution is -2.81. The molecule has 0 atom stereocenters. The fraction of sp³-hybridized carbons (Fsp3) is 0.265. The first kappa shape index (κ1) is 45.3. The van der Waals surface area contributed by atoms with Crippen LogP contribution in [0.15, 0.2) is 0 Å². The molecule has 0 aromatic heterocycles. The van der Waals surface area contributed by atoms with Crippen molar-refractivity contribution < 1.29 is 92.6 Å². The first-order valence-electron chi connectivity index (χ1n) is 15.7. The number of hydrogen-bond donors (Lipinski definition) is 0. The van der Waals surface area contributed by atoms with Crippen LogP contribution in [0.5, 0.6) is 0 Å². The van der Waals surface area contributed by atoms with Gasteiger partial charge in [-0.25, -0.2) is 87.8 Å². The summed E-state index contributed by atoms with van der Waals surface area (Å²) in [6.07, 6.45) is 3.31. The van der Waals surface area contributed by atoms with Gasteiger partial charge in [0.15, 0.2) is 81.3 Å². The first-order chi connectivity index (χ1) is 26.4. The molecule has 4 aromatic carbocycles. The second-order valence-electron chi connectivity index (χ2n) is 12.7. The highest BCUT2D eigenvalue weighted by Crippen LogP contribution is 2.31. The average Bonchev–Trinajstić information content (AvgIpc) is 3.18. The van der Waals surface area contributed by atoms with Gasteiger partial charge in [-0.1, -0.05) is 19.3 Å². The fourth-order valence-electron chi connectivity index (χ4n) is 6.70. The maximum absolute atomic E-state index is 15.4. The van der Waals surface area contributed by atoms with E-state index in [4.69, 9.17) is 0 Å². The van der Waals surface area contributed by atoms with Crippen LogP contribution < -0.4 is 21.9 Å². The van der Waals surface area contributed by atoms with Crippen molar-refractivity contribution in [3.63, 3.8) is 0 Å². The molecule has 1 nitrogen and oxygen atoms in total. The zero-order valence-electron chi connectivity index (χ0n) is 28.3. The van der Waals surface area contributed by atoms with E-state index in [9.17, 15) is 57.5 Å². The van der Waals surface area contributed by atoms with Crippen molar-refractivity contribution in [1.29, 1.82) is 0 Å². The van der Waals surface area contributed by atoms with Crippen LogP contribution in [0.2, 0.25) is 0 Å². The molecule has 0 saturated heterocycles. The highest BCUT2D eigenvalue weighted by molar-refractivity contribution is 7.96. The zero-order chi connectivity index (χ0) is 43.3. The molecule has 1 saturated carbocycles. The van der Waals surface area contributed by atoms with Crippen LogP contribution in [0, 0.1) is 122 Å². The molecule has 57 heavy (non-hydrogen) atoms. The zero-order valence-corrected chi connectivity index (χ0v) is 29.1. The number of rotatable bonds is 7. The van der Waals surface area contributed by atoms with Crippen molar-refractivity contribution in [2.24, 2.45) is 5.92 Å². The minimum Gasteiger partial charge on any atom is -0.294 e. The molecule has 1 aliphatic rings. The lowest BCUT2D eigenvalue weighted by Gasteiger charge is -2.44. The molecule has 310 valence electrons. The molecule has 1 aliphatic carbocycles. The summed E-state index contributed by atoms with van der Waals surface area (Å²) in [4.78, 5) is 11.6. The number of carbonyl (C=O) groups excluding carboxylic acids is 1. The predicted molar refractivity (Wildman–Crippen MR) is 165 cm³/mol. The third kappa shape index (κ3) is 7.32. The standard InChI is InChI=1S/C24BF20.C10H19OS/c26-5-1(6(27)14(35)21(42)13(5)34)25(2-7(28)15(36)22(43)16(37)8(2)29,3-9(30)17(38)23(44)18(39)10(3)31)4-11(32)19(40)24(45)20(41)12(4)33;1-12(2)8-10(11)9-6-4-3-5-7-9/h;9H,3-8H2,1-2H3/q-1;+1. The Bertz CT molecular complexity index is 1890. The van der Waals surface area contributed by atoms with Crippen molar-refractivity contribution in [3.8, 4) is 0 Å². The van der Waals surface area contributed by atoms with Gasteiger partial charge in [0.25, 0.3) is 0 Å². The Morgan fingerprint density at radius 3 is 0.772 bits per heavy atom. The van der Waals surface area contributed by atoms with Crippen molar-refractivity contribution in [2.75, 3.05) is 18.3 Å². The number of ketones is 1. The van der Waals surface area contributed by atoms with Gasteiger partial charge in [-0.05, 0) is 23.7 Å². The number of hydrogen-bond acceptors (Lipinski definition) is 1. The van der Waals surface area contributed by atoms with E-state index >= 15 is 35.1 Å². The van der Waals surface area contributed by atoms with E-state index in [1.807, 2.05) is 0 Å². The molecule has 0 bridgehead atoms. The van der Waals surface area contributed by atoms with E-state index in [2.05, 4.69) is 12.5 Å². The van der Waals surface area contributed by atoms with Crippen LogP contribution >= 0.6 is 0 Å². The molecule has 0 aliphatic heterocycles. The Labute approximate surface area is 309 Å². The van der Waals surface area contributed by atoms with E-state index < -0.39 is 144 Å². The molecular formula is C34H19BF20OS. The Morgan fingerprint density at radius 1 is 0.386 bits per heavy atom. The van der Waals surface area contributed by atoms with E-state index in [1.165, 1.54) is 19.3 Å². The van der Waals surface area contributed by atoms with Gasteiger partial charge in [-0.15, -0.1) is 21.9 Å². The second kappa shape index (κ2) is 16.8. The van der Waals surface area contributed by atoms with Crippen LogP contribution in [0.1, 0.15) is 32.1 Å². The molecule has 0 N–H and O–H groups in total. The van der Waals surface area contributed by atoms with E-state index in [1.54, 1.807) is 0 Å². The maximum Gasteiger partial charge on any atom is 0.200 e. The SMILES string of the molecule is C[S+](C)CC(=O)C1CCCCC1.Fc1c(F)c(F)c([B-](c2c(F)c(F)c(F)c(F)c2F)(c2c(F)c(F)c(F)c(F)c2F)c2c(F)c(F)c(F)c(F)c2F)c(F)c1F. The minimum atomic E-state index is -7.22. The van der Waals surface area contributed by atoms with Gasteiger partial charge in [-0.3, -0.25) is 4.79 Å². The minimum absolute atomic E-state index is 0.303. The van der Waals surface area contributed by atoms with Gasteiger partial charge in [0.05, 0.1) is 12.5 Å². The summed E-state index contributed by atoms with van der Waals surface area (Å²) < 4.78 is 294. The quantitative estimate of drug-likeness (QED) is 0.0609. The van der Waals surface area contributed by atoms with Crippen LogP contribution in [0.4, 0.5) is 87.8 Å². The van der Waals surface area contributed by atoms with Gasteiger partial charge in [0.2, 0.25) is 0 Å². The molecule has 5 rings (SSSR count). The summed E-state index contributed by atoms with van der Waals surface area (Å²) in [7, 11) is 0.303. The topological polar surface area (TPSA) is 17.1 Å². The van der Waals surface area contributed by atoms with E-state index in [0.29, 0.717) is 22.6 Å². The second-order valence-corrected chi connectivity index (χ2v) is 15.0. The molecule has 1 fully saturated rings. The third-order valence-corrected chi connectivity index (χ3v) is 10.1. The summed E-state index contributed by atoms with van der Waals surface area (Å²) in [5.74, 6) is -69.6. The summed E-state index contributed by atoms with van der Waals surface area (Å²) in [5.41, 5.74) is -14.3. The molecular weight excluding hydrogens is 847 g/mol. The number of carbonyl (C=O) groups is 1. The monoisotopic (exact) mass is 866 g/mol. The van der Waals surface area contributed by atoms with Crippen molar-refractivity contribution in [1.82, 2.24) is 0 Å². The number of benzene rings is 4. The molecule has 0 amide bonds. The lowest BCUT2D eigenvalue weighted by molar-refractivity contribution is -0.121. The van der Waals surface area contributed by atoms with Crippen LogP contribution in [-0.2, 0) is 15.7 Å². The highest BCUT2D eigenvalue weighted by Gasteiger charge is 2.52. The largest absolute Gasteiger partial charge is 0.294 e. The Morgan fingerprint density at radius 2 is 0.579 bits per heavy atom. The highest BCUT2D eigenvalue weighted by atomic mass is 32.2. The van der Waals surface area contributed by atoms with Crippen molar-refractivity contribution in [2.45, 2.75) is 32.1 Å². The average molecular weight is 866 g/mol. The fourth-order valence-corrected chi connectivity index (χ4v) is 7.51. The van der Waals surface area contributed by atoms with Gasteiger partial charge in [0, 0.05) is 5.92 Å². The Balaban J connectivity index is 0.000000512. The normalized spacial score (nSPS) is 13.7. The van der Waals surface area contributed by atoms with Gasteiger partial charge < -0.3 is 0 Å². The molecule has 0 heterocycles. The number of Topliss-reactive ketones (excluding diaryl/α,β-unsaturated/α-hetero) is 1. The summed E-state index contributed by atoms with van der Waals surface area (Å²) in [6.45, 7) is 0. The lowest BCUT2D eigenvalue weighted by atomic mass is 9.12. The smallest absolute Gasteiger partial charge is 0.200 e. The van der Waals surface area contributed by atoms with Gasteiger partial charge in [0.1, 0.15) is 52.7 Å². The maximum atomic E-state index is 15.4. The Kier molecular flexibility index (Phi) is 13.3. The van der Waals surface area contributed by atoms with Crippen LogP contribution in [-0.4, -0.2) is 30.2 Å². The van der Waals surface area contributed by atoms with Crippen LogP contribution in [0.3, 0.4) is 0 Å². The number of halogens is 20. The summed E-state index contributed by atoms with van der Waals surface area (Å²) in [5, 5.41) is 0. The molecule has 0 unspecified atom stereocenters. The predicted octanol–water partition coefficient (Wildman–Crippen LogP) is 7.86. The Hall–Kier alpha value is -4.44. The summed E-state index contributed by atoms with van der Waals surface area (Å²) in [6, 6.07) is 0. The van der Waals surface area contributed by atoms with Gasteiger partial charge >= 0.3 is 0 Å². The van der Waals surface area contributed by atoms with E-state index in [0.717, 1.165) is 18.6 Å². The van der Waals surface area contributed by atoms with E-state index in [-0.39, 0.29) is 0 Å².